The number of amides is 2. The van der Waals surface area contributed by atoms with Crippen molar-refractivity contribution in [3.8, 4) is 0 Å². The van der Waals surface area contributed by atoms with Crippen LogP contribution in [0.1, 0.15) is 59.9 Å². The van der Waals surface area contributed by atoms with Crippen molar-refractivity contribution >= 4 is 29.2 Å². The molecule has 0 fully saturated rings. The van der Waals surface area contributed by atoms with Gasteiger partial charge in [-0.1, -0.05) is 26.8 Å². The minimum atomic E-state index is -1.02. The van der Waals surface area contributed by atoms with Crippen molar-refractivity contribution in [3.05, 3.63) is 59.2 Å². The van der Waals surface area contributed by atoms with Crippen molar-refractivity contribution < 1.29 is 19.5 Å². The number of carboxylic acids is 1. The molecule has 2 aromatic carbocycles. The Balaban J connectivity index is 1.90. The molecular formula is C22H24N2O4. The van der Waals surface area contributed by atoms with E-state index in [0.29, 0.717) is 24.2 Å². The van der Waals surface area contributed by atoms with Gasteiger partial charge in [-0.05, 0) is 48.4 Å². The quantitative estimate of drug-likeness (QED) is 0.819. The molecule has 0 aliphatic carbocycles. The van der Waals surface area contributed by atoms with Crippen molar-refractivity contribution in [2.45, 2.75) is 39.0 Å². The summed E-state index contributed by atoms with van der Waals surface area (Å²) in [4.78, 5) is 38.0. The Bertz CT molecular complexity index is 932. The van der Waals surface area contributed by atoms with Crippen molar-refractivity contribution in [2.75, 3.05) is 16.8 Å². The van der Waals surface area contributed by atoms with Gasteiger partial charge in [0.15, 0.2) is 0 Å². The van der Waals surface area contributed by atoms with E-state index < -0.39 is 5.97 Å². The lowest BCUT2D eigenvalue weighted by Gasteiger charge is -2.38. The van der Waals surface area contributed by atoms with Crippen LogP contribution in [0.5, 0.6) is 0 Å². The van der Waals surface area contributed by atoms with Gasteiger partial charge in [0.1, 0.15) is 0 Å². The molecule has 0 aromatic heterocycles. The fraction of sp³-hybridized carbons (Fsp3) is 0.318. The van der Waals surface area contributed by atoms with Crippen LogP contribution in [0.15, 0.2) is 42.5 Å². The first kappa shape index (κ1) is 19.6. The third-order valence-corrected chi connectivity index (χ3v) is 5.01. The molecular weight excluding hydrogens is 356 g/mol. The van der Waals surface area contributed by atoms with Crippen LogP contribution in [0.3, 0.4) is 0 Å². The molecule has 6 heteroatoms. The number of carbonyl (C=O) groups is 3. The third kappa shape index (κ3) is 3.76. The molecule has 2 N–H and O–H groups in total. The molecule has 146 valence electrons. The smallest absolute Gasteiger partial charge is 0.335 e. The average molecular weight is 380 g/mol. The Morgan fingerprint density at radius 2 is 1.75 bits per heavy atom. The highest BCUT2D eigenvalue weighted by Gasteiger charge is 2.36. The van der Waals surface area contributed by atoms with Gasteiger partial charge < -0.3 is 15.3 Å². The molecule has 0 radical (unpaired) electrons. The topological polar surface area (TPSA) is 86.7 Å². The second-order valence-electron chi connectivity index (χ2n) is 7.67. The van der Waals surface area contributed by atoms with Crippen molar-refractivity contribution in [3.63, 3.8) is 0 Å². The number of hydrogen-bond acceptors (Lipinski definition) is 3. The number of nitrogens with zero attached hydrogens (tertiary/aromatic N) is 1. The summed E-state index contributed by atoms with van der Waals surface area (Å²) in [6, 6.07) is 11.4. The molecule has 0 spiro atoms. The van der Waals surface area contributed by atoms with Crippen LogP contribution in [-0.4, -0.2) is 29.4 Å². The third-order valence-electron chi connectivity index (χ3n) is 5.01. The summed E-state index contributed by atoms with van der Waals surface area (Å²) in [7, 11) is 0. The highest BCUT2D eigenvalue weighted by Crippen LogP contribution is 2.40. The van der Waals surface area contributed by atoms with Crippen LogP contribution in [0.25, 0.3) is 0 Å². The summed E-state index contributed by atoms with van der Waals surface area (Å²) in [5.41, 5.74) is 2.68. The van der Waals surface area contributed by atoms with Gasteiger partial charge in [0.2, 0.25) is 5.91 Å². The van der Waals surface area contributed by atoms with Crippen molar-refractivity contribution in [1.82, 2.24) is 0 Å². The lowest BCUT2D eigenvalue weighted by molar-refractivity contribution is -0.120. The van der Waals surface area contributed by atoms with Crippen LogP contribution in [-0.2, 0) is 10.2 Å². The summed E-state index contributed by atoms with van der Waals surface area (Å²) in [6.45, 7) is 6.71. The maximum absolute atomic E-state index is 12.7. The van der Waals surface area contributed by atoms with Gasteiger partial charge in [-0.3, -0.25) is 9.59 Å². The van der Waals surface area contributed by atoms with Crippen LogP contribution >= 0.6 is 0 Å². The first-order valence-electron chi connectivity index (χ1n) is 9.32. The molecule has 0 bridgehead atoms. The largest absolute Gasteiger partial charge is 0.478 e. The van der Waals surface area contributed by atoms with Gasteiger partial charge in [0.25, 0.3) is 5.91 Å². The first-order chi connectivity index (χ1) is 13.2. The Morgan fingerprint density at radius 3 is 2.36 bits per heavy atom. The maximum Gasteiger partial charge on any atom is 0.335 e. The molecule has 1 heterocycles. The van der Waals surface area contributed by atoms with Gasteiger partial charge >= 0.3 is 5.97 Å². The second kappa shape index (κ2) is 7.46. The van der Waals surface area contributed by atoms with Crippen LogP contribution in [0.4, 0.5) is 11.4 Å². The van der Waals surface area contributed by atoms with E-state index in [1.165, 1.54) is 12.1 Å². The maximum atomic E-state index is 12.7. The molecule has 3 rings (SSSR count). The van der Waals surface area contributed by atoms with E-state index in [1.807, 2.05) is 26.8 Å². The van der Waals surface area contributed by atoms with Gasteiger partial charge in [-0.15, -0.1) is 0 Å². The van der Waals surface area contributed by atoms with E-state index in [9.17, 15) is 14.4 Å². The monoisotopic (exact) mass is 380 g/mol. The van der Waals surface area contributed by atoms with Crippen LogP contribution < -0.4 is 10.2 Å². The van der Waals surface area contributed by atoms with Gasteiger partial charge in [0.05, 0.1) is 5.56 Å². The minimum absolute atomic E-state index is 0.0705. The molecule has 0 saturated heterocycles. The standard InChI is InChI=1S/C22H24N2O4/c1-4-11-24-18-12-15(7-10-17(18)22(2,3)13-19(24)25)20(26)23-16-8-5-14(6-9-16)21(27)28/h5-10,12H,4,11,13H2,1-3H3,(H,23,26)(H,27,28). The van der Waals surface area contributed by atoms with E-state index >= 15 is 0 Å². The highest BCUT2D eigenvalue weighted by atomic mass is 16.4. The molecule has 28 heavy (non-hydrogen) atoms. The fourth-order valence-corrected chi connectivity index (χ4v) is 3.54. The number of rotatable bonds is 5. The molecule has 0 saturated carbocycles. The Hall–Kier alpha value is -3.15. The number of fused-ring (bicyclic) bond motifs is 1. The number of aromatic carboxylic acids is 1. The van der Waals surface area contributed by atoms with E-state index in [4.69, 9.17) is 5.11 Å². The SMILES string of the molecule is CCCN1C(=O)CC(C)(C)c2ccc(C(=O)Nc3ccc(C(=O)O)cc3)cc21. The lowest BCUT2D eigenvalue weighted by atomic mass is 9.77. The zero-order valence-electron chi connectivity index (χ0n) is 16.3. The molecule has 1 aliphatic rings. The first-order valence-corrected chi connectivity index (χ1v) is 9.32. The molecule has 0 unspecified atom stereocenters. The number of nitrogens with one attached hydrogen (secondary N) is 1. The predicted molar refractivity (Wildman–Crippen MR) is 108 cm³/mol. The predicted octanol–water partition coefficient (Wildman–Crippen LogP) is 4.06. The van der Waals surface area contributed by atoms with Gasteiger partial charge in [-0.25, -0.2) is 4.79 Å². The summed E-state index contributed by atoms with van der Waals surface area (Å²) in [5, 5.41) is 11.7. The number of anilines is 2. The van der Waals surface area contributed by atoms with Crippen molar-refractivity contribution in [2.24, 2.45) is 0 Å². The Kier molecular flexibility index (Phi) is 5.23. The average Bonchev–Trinajstić information content (AvgIpc) is 2.64. The van der Waals surface area contributed by atoms with E-state index in [1.54, 1.807) is 29.2 Å². The van der Waals surface area contributed by atoms with E-state index in [0.717, 1.165) is 17.7 Å². The number of carbonyl (C=O) groups excluding carboxylic acids is 2. The van der Waals surface area contributed by atoms with Crippen LogP contribution in [0.2, 0.25) is 0 Å². The summed E-state index contributed by atoms with van der Waals surface area (Å²) < 4.78 is 0. The molecule has 6 nitrogen and oxygen atoms in total. The number of benzene rings is 2. The van der Waals surface area contributed by atoms with E-state index in [-0.39, 0.29) is 22.8 Å². The Labute approximate surface area is 164 Å². The van der Waals surface area contributed by atoms with Crippen molar-refractivity contribution in [1.29, 1.82) is 0 Å². The Morgan fingerprint density at radius 1 is 1.11 bits per heavy atom. The number of hydrogen-bond donors (Lipinski definition) is 2. The summed E-state index contributed by atoms with van der Waals surface area (Å²) in [5.74, 6) is -1.25. The molecule has 0 atom stereocenters. The van der Waals surface area contributed by atoms with Crippen LogP contribution in [0, 0.1) is 0 Å². The molecule has 2 amide bonds. The normalized spacial score (nSPS) is 15.1. The lowest BCUT2D eigenvalue weighted by Crippen LogP contribution is -2.42. The zero-order chi connectivity index (χ0) is 20.5. The van der Waals surface area contributed by atoms with E-state index in [2.05, 4.69) is 5.32 Å². The molecule has 2 aromatic rings. The van der Waals surface area contributed by atoms with Gasteiger partial charge in [-0.2, -0.15) is 0 Å². The summed E-state index contributed by atoms with van der Waals surface area (Å²) in [6.07, 6.45) is 1.28. The highest BCUT2D eigenvalue weighted by molar-refractivity contribution is 6.06. The zero-order valence-corrected chi connectivity index (χ0v) is 16.3. The number of carboxylic acid groups (broad SMARTS) is 1. The minimum Gasteiger partial charge on any atom is -0.478 e. The summed E-state index contributed by atoms with van der Waals surface area (Å²) >= 11 is 0. The van der Waals surface area contributed by atoms with Gasteiger partial charge in [0, 0.05) is 35.3 Å². The fourth-order valence-electron chi connectivity index (χ4n) is 3.54. The molecule has 1 aliphatic heterocycles. The second-order valence-corrected chi connectivity index (χ2v) is 7.67.